The molecule has 0 bridgehead atoms. The average Bonchev–Trinajstić information content (AvgIpc) is 1.84. The van der Waals surface area contributed by atoms with Crippen molar-refractivity contribution in [2.75, 3.05) is 0 Å². The SMILES string of the molecule is CCC(=O)/C(N)=N/O. The molecule has 3 N–H and O–H groups in total. The summed E-state index contributed by atoms with van der Waals surface area (Å²) >= 11 is 0. The lowest BCUT2D eigenvalue weighted by molar-refractivity contribution is -0.112. The molecule has 0 fully saturated rings. The topological polar surface area (TPSA) is 75.7 Å². The predicted octanol–water partition coefficient (Wildman–Crippen LogP) is -0.288. The number of nitrogens with two attached hydrogens (primary N) is 1. The van der Waals surface area contributed by atoms with Gasteiger partial charge < -0.3 is 10.9 Å². The van der Waals surface area contributed by atoms with Crippen LogP contribution in [0, 0.1) is 0 Å². The van der Waals surface area contributed by atoms with Crippen molar-refractivity contribution in [2.45, 2.75) is 13.3 Å². The molecule has 0 aromatic carbocycles. The summed E-state index contributed by atoms with van der Waals surface area (Å²) in [5.41, 5.74) is 4.88. The number of nitrogens with zero attached hydrogens (tertiary/aromatic N) is 1. The molecule has 0 rings (SSSR count). The number of carbonyl (C=O) groups excluding carboxylic acids is 1. The lowest BCUT2D eigenvalue weighted by Crippen LogP contribution is -2.22. The van der Waals surface area contributed by atoms with Crippen LogP contribution < -0.4 is 5.73 Å². The zero-order valence-corrected chi connectivity index (χ0v) is 4.59. The largest absolute Gasteiger partial charge is 0.409 e. The lowest BCUT2D eigenvalue weighted by atomic mass is 10.3. The lowest BCUT2D eigenvalue weighted by Gasteiger charge is -1.88. The Morgan fingerprint density at radius 1 is 1.88 bits per heavy atom. The van der Waals surface area contributed by atoms with E-state index in [0.717, 1.165) is 0 Å². The number of amidine groups is 1. The highest BCUT2D eigenvalue weighted by Gasteiger charge is 2.01. The third-order valence-electron chi connectivity index (χ3n) is 0.715. The van der Waals surface area contributed by atoms with Gasteiger partial charge in [-0.3, -0.25) is 4.79 Å². The summed E-state index contributed by atoms with van der Waals surface area (Å²) in [7, 11) is 0. The Kier molecular flexibility index (Phi) is 2.61. The summed E-state index contributed by atoms with van der Waals surface area (Å²) in [5, 5.41) is 10.4. The van der Waals surface area contributed by atoms with Gasteiger partial charge in [0, 0.05) is 6.42 Å². The number of oxime groups is 1. The molecule has 0 unspecified atom stereocenters. The van der Waals surface area contributed by atoms with Crippen LogP contribution in [0.25, 0.3) is 0 Å². The molecule has 0 spiro atoms. The molecule has 0 radical (unpaired) electrons. The predicted molar refractivity (Wildman–Crippen MR) is 28.7 cm³/mol. The van der Waals surface area contributed by atoms with Crippen LogP contribution in [0.3, 0.4) is 0 Å². The molecule has 0 aromatic rings. The van der Waals surface area contributed by atoms with Gasteiger partial charge in [0.25, 0.3) is 0 Å². The first-order chi connectivity index (χ1) is 3.72. The van der Waals surface area contributed by atoms with Gasteiger partial charge in [-0.25, -0.2) is 0 Å². The maximum Gasteiger partial charge on any atom is 0.206 e. The molecule has 4 nitrogen and oxygen atoms in total. The number of ketones is 1. The van der Waals surface area contributed by atoms with E-state index in [9.17, 15) is 4.79 Å². The van der Waals surface area contributed by atoms with Gasteiger partial charge in [0.15, 0.2) is 0 Å². The van der Waals surface area contributed by atoms with Crippen molar-refractivity contribution in [3.63, 3.8) is 0 Å². The van der Waals surface area contributed by atoms with E-state index in [0.29, 0.717) is 0 Å². The minimum Gasteiger partial charge on any atom is -0.409 e. The Morgan fingerprint density at radius 3 is 2.50 bits per heavy atom. The highest BCUT2D eigenvalue weighted by Crippen LogP contribution is 1.78. The monoisotopic (exact) mass is 116 g/mol. The highest BCUT2D eigenvalue weighted by atomic mass is 16.4. The Balaban J connectivity index is 3.83. The molecule has 4 heteroatoms. The van der Waals surface area contributed by atoms with E-state index in [1.807, 2.05) is 0 Å². The van der Waals surface area contributed by atoms with Gasteiger partial charge in [0.2, 0.25) is 11.6 Å². The third kappa shape index (κ3) is 1.59. The second-order valence-corrected chi connectivity index (χ2v) is 1.26. The number of hydrogen-bond acceptors (Lipinski definition) is 3. The van der Waals surface area contributed by atoms with Gasteiger partial charge in [-0.1, -0.05) is 12.1 Å². The van der Waals surface area contributed by atoms with Gasteiger partial charge in [0.1, 0.15) is 0 Å². The molecule has 0 saturated carbocycles. The van der Waals surface area contributed by atoms with Crippen LogP contribution in [-0.4, -0.2) is 16.8 Å². The van der Waals surface area contributed by atoms with Crippen molar-refractivity contribution in [2.24, 2.45) is 10.9 Å². The quantitative estimate of drug-likeness (QED) is 0.225. The smallest absolute Gasteiger partial charge is 0.206 e. The van der Waals surface area contributed by atoms with Crippen LogP contribution in [-0.2, 0) is 4.79 Å². The first-order valence-electron chi connectivity index (χ1n) is 2.23. The van der Waals surface area contributed by atoms with Crippen LogP contribution in [0.4, 0.5) is 0 Å². The van der Waals surface area contributed by atoms with E-state index in [2.05, 4.69) is 5.16 Å². The zero-order chi connectivity index (χ0) is 6.57. The van der Waals surface area contributed by atoms with Crippen LogP contribution in [0.1, 0.15) is 13.3 Å². The zero-order valence-electron chi connectivity index (χ0n) is 4.59. The maximum absolute atomic E-state index is 10.3. The Bertz CT molecular complexity index is 119. The Morgan fingerprint density at radius 2 is 2.38 bits per heavy atom. The molecule has 0 aliphatic heterocycles. The van der Waals surface area contributed by atoms with Gasteiger partial charge >= 0.3 is 0 Å². The molecular weight excluding hydrogens is 108 g/mol. The van der Waals surface area contributed by atoms with Crippen LogP contribution in [0.15, 0.2) is 5.16 Å². The molecule has 0 heterocycles. The van der Waals surface area contributed by atoms with Gasteiger partial charge in [-0.05, 0) is 0 Å². The fraction of sp³-hybridized carbons (Fsp3) is 0.500. The van der Waals surface area contributed by atoms with Crippen molar-refractivity contribution in [3.8, 4) is 0 Å². The Hall–Kier alpha value is -1.06. The molecule has 8 heavy (non-hydrogen) atoms. The standard InChI is InChI=1S/C4H8N2O2/c1-2-3(7)4(5)6-8/h8H,2H2,1H3,(H2,5,6). The first kappa shape index (κ1) is 6.94. The Labute approximate surface area is 47.0 Å². The summed E-state index contributed by atoms with van der Waals surface area (Å²) in [6.45, 7) is 1.64. The van der Waals surface area contributed by atoms with Crippen LogP contribution in [0.2, 0.25) is 0 Å². The maximum atomic E-state index is 10.3. The minimum absolute atomic E-state index is 0.274. The van der Waals surface area contributed by atoms with Gasteiger partial charge in [-0.15, -0.1) is 0 Å². The number of rotatable bonds is 2. The number of hydrogen-bond donors (Lipinski definition) is 2. The van der Waals surface area contributed by atoms with Crippen molar-refractivity contribution in [1.82, 2.24) is 0 Å². The summed E-state index contributed by atoms with van der Waals surface area (Å²) in [4.78, 5) is 10.3. The highest BCUT2D eigenvalue weighted by molar-refractivity contribution is 6.37. The summed E-state index contributed by atoms with van der Waals surface area (Å²) in [6, 6.07) is 0. The second kappa shape index (κ2) is 3.01. The van der Waals surface area contributed by atoms with Crippen molar-refractivity contribution in [3.05, 3.63) is 0 Å². The van der Waals surface area contributed by atoms with Crippen LogP contribution >= 0.6 is 0 Å². The summed E-state index contributed by atoms with van der Waals surface area (Å²) < 4.78 is 0. The van der Waals surface area contributed by atoms with E-state index in [1.165, 1.54) is 0 Å². The molecule has 0 aromatic heterocycles. The third-order valence-corrected chi connectivity index (χ3v) is 0.715. The molecule has 0 saturated heterocycles. The van der Waals surface area contributed by atoms with E-state index < -0.39 is 0 Å². The minimum atomic E-state index is -0.340. The molecule has 0 amide bonds. The van der Waals surface area contributed by atoms with Crippen molar-refractivity contribution >= 4 is 11.6 Å². The fourth-order valence-electron chi connectivity index (χ4n) is 0.237. The summed E-state index contributed by atoms with van der Waals surface area (Å²) in [5.74, 6) is -0.667. The van der Waals surface area contributed by atoms with Gasteiger partial charge in [0.05, 0.1) is 0 Å². The van der Waals surface area contributed by atoms with E-state index in [-0.39, 0.29) is 18.0 Å². The first-order valence-corrected chi connectivity index (χ1v) is 2.23. The molecule has 46 valence electrons. The molecule has 0 aliphatic rings. The average molecular weight is 116 g/mol. The van der Waals surface area contributed by atoms with E-state index >= 15 is 0 Å². The second-order valence-electron chi connectivity index (χ2n) is 1.26. The van der Waals surface area contributed by atoms with Crippen molar-refractivity contribution < 1.29 is 10.0 Å². The fourth-order valence-corrected chi connectivity index (χ4v) is 0.237. The van der Waals surface area contributed by atoms with E-state index in [4.69, 9.17) is 10.9 Å². The summed E-state index contributed by atoms with van der Waals surface area (Å²) in [6.07, 6.45) is 0.274. The number of Topliss-reactive ketones (excluding diaryl/α,β-unsaturated/α-hetero) is 1. The molecular formula is C4H8N2O2. The normalized spacial score (nSPS) is 11.4. The van der Waals surface area contributed by atoms with Gasteiger partial charge in [-0.2, -0.15) is 0 Å². The van der Waals surface area contributed by atoms with Crippen LogP contribution in [0.5, 0.6) is 0 Å². The van der Waals surface area contributed by atoms with E-state index in [1.54, 1.807) is 6.92 Å². The number of carbonyl (C=O) groups is 1. The molecule has 0 atom stereocenters. The molecule has 0 aliphatic carbocycles. The van der Waals surface area contributed by atoms with Crippen molar-refractivity contribution in [1.29, 1.82) is 0 Å².